The average molecular weight is 293 g/mol. The van der Waals surface area contributed by atoms with Gasteiger partial charge in [0.1, 0.15) is 11.6 Å². The van der Waals surface area contributed by atoms with Crippen molar-refractivity contribution in [1.29, 1.82) is 0 Å². The number of hydrogen-bond acceptors (Lipinski definition) is 2. The van der Waals surface area contributed by atoms with Gasteiger partial charge in [0.2, 0.25) is 0 Å². The monoisotopic (exact) mass is 293 g/mol. The Morgan fingerprint density at radius 1 is 1.15 bits per heavy atom. The van der Waals surface area contributed by atoms with Crippen molar-refractivity contribution < 1.29 is 8.78 Å². The van der Waals surface area contributed by atoms with Gasteiger partial charge in [0.15, 0.2) is 0 Å². The van der Waals surface area contributed by atoms with Gasteiger partial charge in [-0.25, -0.2) is 8.78 Å². The molecule has 0 saturated heterocycles. The summed E-state index contributed by atoms with van der Waals surface area (Å²) in [5, 5.41) is 0. The highest BCUT2D eigenvalue weighted by Crippen LogP contribution is 2.22. The molecule has 0 radical (unpaired) electrons. The number of halogens is 2. The fraction of sp³-hybridized carbons (Fsp3) is 0.250. The molecule has 1 atom stereocenters. The van der Waals surface area contributed by atoms with Crippen LogP contribution in [0.5, 0.6) is 0 Å². The Morgan fingerprint density at radius 3 is 2.65 bits per heavy atom. The molecular weight excluding hydrogens is 276 g/mol. The highest BCUT2D eigenvalue weighted by Gasteiger charge is 2.09. The molecule has 0 amide bonds. The highest BCUT2D eigenvalue weighted by atomic mass is 32.2. The number of hydrogen-bond donors (Lipinski definition) is 1. The van der Waals surface area contributed by atoms with E-state index in [1.54, 1.807) is 24.3 Å². The molecule has 0 fully saturated rings. The third kappa shape index (κ3) is 4.05. The van der Waals surface area contributed by atoms with Crippen molar-refractivity contribution in [3.05, 3.63) is 65.2 Å². The minimum atomic E-state index is -0.250. The fourth-order valence-electron chi connectivity index (χ4n) is 1.96. The van der Waals surface area contributed by atoms with E-state index in [1.807, 2.05) is 6.92 Å². The zero-order valence-electron chi connectivity index (χ0n) is 11.3. The van der Waals surface area contributed by atoms with Crippen LogP contribution in [-0.2, 0) is 6.42 Å². The van der Waals surface area contributed by atoms with Gasteiger partial charge in [-0.1, -0.05) is 18.2 Å². The lowest BCUT2D eigenvalue weighted by molar-refractivity contribution is 0.601. The van der Waals surface area contributed by atoms with E-state index in [0.29, 0.717) is 17.1 Å². The largest absolute Gasteiger partial charge is 0.327 e. The molecular formula is C16H17F2NS. The maximum absolute atomic E-state index is 13.5. The Bertz CT molecular complexity index is 586. The third-order valence-electron chi connectivity index (χ3n) is 3.08. The SMILES string of the molecule is Cc1ccc(F)cc1CC(N)CSc1ccccc1F. The molecule has 0 aliphatic heterocycles. The maximum Gasteiger partial charge on any atom is 0.136 e. The van der Waals surface area contributed by atoms with E-state index < -0.39 is 0 Å². The van der Waals surface area contributed by atoms with Crippen LogP contribution in [0.1, 0.15) is 11.1 Å². The summed E-state index contributed by atoms with van der Waals surface area (Å²) in [7, 11) is 0. The number of benzene rings is 2. The van der Waals surface area contributed by atoms with E-state index in [0.717, 1.165) is 11.1 Å². The molecule has 0 aliphatic carbocycles. The minimum absolute atomic E-state index is 0.139. The first-order valence-electron chi connectivity index (χ1n) is 6.44. The zero-order valence-corrected chi connectivity index (χ0v) is 12.1. The molecule has 4 heteroatoms. The number of nitrogens with two attached hydrogens (primary N) is 1. The van der Waals surface area contributed by atoms with Crippen LogP contribution in [0, 0.1) is 18.6 Å². The van der Waals surface area contributed by atoms with Gasteiger partial charge < -0.3 is 5.73 Å². The van der Waals surface area contributed by atoms with Gasteiger partial charge in [-0.15, -0.1) is 11.8 Å². The molecule has 0 aromatic heterocycles. The van der Waals surface area contributed by atoms with Crippen molar-refractivity contribution in [2.24, 2.45) is 5.73 Å². The van der Waals surface area contributed by atoms with Gasteiger partial charge in [-0.2, -0.15) is 0 Å². The van der Waals surface area contributed by atoms with Gasteiger partial charge in [0.25, 0.3) is 0 Å². The van der Waals surface area contributed by atoms with Crippen LogP contribution in [-0.4, -0.2) is 11.8 Å². The Labute approximate surface area is 122 Å². The Kier molecular flexibility index (Phi) is 5.15. The molecule has 0 aliphatic rings. The molecule has 2 N–H and O–H groups in total. The molecule has 2 aromatic carbocycles. The van der Waals surface area contributed by atoms with E-state index in [-0.39, 0.29) is 17.7 Å². The number of thioether (sulfide) groups is 1. The second kappa shape index (κ2) is 6.86. The lowest BCUT2D eigenvalue weighted by atomic mass is 10.0. The van der Waals surface area contributed by atoms with Crippen molar-refractivity contribution in [2.45, 2.75) is 24.3 Å². The van der Waals surface area contributed by atoms with Gasteiger partial charge in [0, 0.05) is 16.7 Å². The molecule has 0 bridgehead atoms. The molecule has 1 nitrogen and oxygen atoms in total. The molecule has 0 saturated carbocycles. The third-order valence-corrected chi connectivity index (χ3v) is 4.32. The van der Waals surface area contributed by atoms with Crippen LogP contribution in [0.3, 0.4) is 0 Å². The van der Waals surface area contributed by atoms with Gasteiger partial charge >= 0.3 is 0 Å². The maximum atomic E-state index is 13.5. The Hall–Kier alpha value is -1.39. The summed E-state index contributed by atoms with van der Waals surface area (Å²) in [4.78, 5) is 0.596. The number of aryl methyl sites for hydroxylation is 1. The second-order valence-corrected chi connectivity index (χ2v) is 5.84. The first-order valence-corrected chi connectivity index (χ1v) is 7.43. The summed E-state index contributed by atoms with van der Waals surface area (Å²) >= 11 is 1.39. The van der Waals surface area contributed by atoms with Crippen LogP contribution in [0.15, 0.2) is 47.4 Å². The standard InChI is InChI=1S/C16H17F2NS/c1-11-6-7-13(17)8-12(11)9-14(19)10-20-16-5-3-2-4-15(16)18/h2-8,14H,9-10,19H2,1H3. The molecule has 2 rings (SSSR count). The molecule has 1 unspecified atom stereocenters. The predicted octanol–water partition coefficient (Wildman–Crippen LogP) is 3.94. The number of rotatable bonds is 5. The van der Waals surface area contributed by atoms with Crippen molar-refractivity contribution in [3.8, 4) is 0 Å². The van der Waals surface area contributed by atoms with E-state index in [9.17, 15) is 8.78 Å². The van der Waals surface area contributed by atoms with Crippen LogP contribution >= 0.6 is 11.8 Å². The second-order valence-electron chi connectivity index (χ2n) is 4.78. The van der Waals surface area contributed by atoms with Crippen LogP contribution < -0.4 is 5.73 Å². The molecule has 0 heterocycles. The van der Waals surface area contributed by atoms with E-state index >= 15 is 0 Å². The lowest BCUT2D eigenvalue weighted by Gasteiger charge is -2.13. The summed E-state index contributed by atoms with van der Waals surface area (Å²) in [6, 6.07) is 11.2. The van der Waals surface area contributed by atoms with Crippen molar-refractivity contribution >= 4 is 11.8 Å². The Balaban J connectivity index is 1.94. The summed E-state index contributed by atoms with van der Waals surface area (Å²) in [6.45, 7) is 1.94. The van der Waals surface area contributed by atoms with Crippen LogP contribution in [0.4, 0.5) is 8.78 Å². The van der Waals surface area contributed by atoms with Gasteiger partial charge in [-0.3, -0.25) is 0 Å². The van der Waals surface area contributed by atoms with Crippen LogP contribution in [0.2, 0.25) is 0 Å². The normalized spacial score (nSPS) is 12.4. The summed E-state index contributed by atoms with van der Waals surface area (Å²) in [5.41, 5.74) is 7.99. The van der Waals surface area contributed by atoms with E-state index in [1.165, 1.54) is 30.0 Å². The van der Waals surface area contributed by atoms with Crippen molar-refractivity contribution in [3.63, 3.8) is 0 Å². The van der Waals surface area contributed by atoms with Gasteiger partial charge in [0.05, 0.1) is 0 Å². The average Bonchev–Trinajstić information content (AvgIpc) is 2.42. The minimum Gasteiger partial charge on any atom is -0.327 e. The fourth-order valence-corrected chi connectivity index (χ4v) is 2.85. The highest BCUT2D eigenvalue weighted by molar-refractivity contribution is 7.99. The summed E-state index contributed by atoms with van der Waals surface area (Å²) < 4.78 is 26.7. The first kappa shape index (κ1) is 15.0. The first-order chi connectivity index (χ1) is 9.56. The molecule has 20 heavy (non-hydrogen) atoms. The summed E-state index contributed by atoms with van der Waals surface area (Å²) in [6.07, 6.45) is 0.588. The smallest absolute Gasteiger partial charge is 0.136 e. The molecule has 0 spiro atoms. The van der Waals surface area contributed by atoms with E-state index in [4.69, 9.17) is 5.73 Å². The van der Waals surface area contributed by atoms with E-state index in [2.05, 4.69) is 0 Å². The van der Waals surface area contributed by atoms with Crippen molar-refractivity contribution in [1.82, 2.24) is 0 Å². The topological polar surface area (TPSA) is 26.0 Å². The quantitative estimate of drug-likeness (QED) is 0.845. The summed E-state index contributed by atoms with van der Waals surface area (Å²) in [5.74, 6) is 0.114. The zero-order chi connectivity index (χ0) is 14.5. The van der Waals surface area contributed by atoms with Crippen LogP contribution in [0.25, 0.3) is 0 Å². The van der Waals surface area contributed by atoms with Crippen molar-refractivity contribution in [2.75, 3.05) is 5.75 Å². The predicted molar refractivity (Wildman–Crippen MR) is 79.9 cm³/mol. The Morgan fingerprint density at radius 2 is 1.90 bits per heavy atom. The lowest BCUT2D eigenvalue weighted by Crippen LogP contribution is -2.26. The molecule has 2 aromatic rings. The molecule has 106 valence electrons. The van der Waals surface area contributed by atoms with Gasteiger partial charge in [-0.05, 0) is 48.7 Å².